The molecule has 0 spiro atoms. The Hall–Kier alpha value is -1.30. The minimum atomic E-state index is 1.22. The molecule has 0 atom stereocenters. The molecule has 0 saturated heterocycles. The van der Waals surface area contributed by atoms with Crippen molar-refractivity contribution >= 4 is 6.08 Å². The van der Waals surface area contributed by atoms with E-state index in [1.807, 2.05) is 12.2 Å². The van der Waals surface area contributed by atoms with Crippen LogP contribution in [0.4, 0.5) is 0 Å². The van der Waals surface area contributed by atoms with Gasteiger partial charge in [-0.1, -0.05) is 54.6 Å². The fourth-order valence-corrected chi connectivity index (χ4v) is 0.857. The van der Waals surface area contributed by atoms with Crippen LogP contribution in [-0.4, -0.2) is 0 Å². The molecule has 0 radical (unpaired) electrons. The third-order valence-corrected chi connectivity index (χ3v) is 1.50. The summed E-state index contributed by atoms with van der Waals surface area (Å²) in [6, 6.07) is 8.39. The summed E-state index contributed by atoms with van der Waals surface area (Å²) in [7, 11) is 0. The van der Waals surface area contributed by atoms with Crippen molar-refractivity contribution in [2.75, 3.05) is 0 Å². The summed E-state index contributed by atoms with van der Waals surface area (Å²) in [6.07, 6.45) is 5.75. The molecule has 1 aromatic carbocycles. The van der Waals surface area contributed by atoms with Gasteiger partial charge < -0.3 is 0 Å². The standard InChI is InChI=1S/C11H12/c1-3-4-5-11-8-6-10(2)7-9-11/h3-9H,1H2,2H3/b5-4+. The Morgan fingerprint density at radius 1 is 1.18 bits per heavy atom. The van der Waals surface area contributed by atoms with Crippen molar-refractivity contribution < 1.29 is 0 Å². The molecule has 11 heavy (non-hydrogen) atoms. The lowest BCUT2D eigenvalue weighted by Gasteiger charge is -1.92. The zero-order chi connectivity index (χ0) is 8.10. The molecule has 0 aliphatic heterocycles. The van der Waals surface area contributed by atoms with Crippen molar-refractivity contribution in [3.63, 3.8) is 0 Å². The van der Waals surface area contributed by atoms with E-state index in [4.69, 9.17) is 0 Å². The first-order valence-electron chi connectivity index (χ1n) is 3.68. The van der Waals surface area contributed by atoms with E-state index in [0.717, 1.165) is 0 Å². The van der Waals surface area contributed by atoms with Gasteiger partial charge in [-0.05, 0) is 12.5 Å². The molecule has 0 heteroatoms. The SMILES string of the molecule is C=C/C=C/c1ccc(C)cc1. The lowest BCUT2D eigenvalue weighted by Crippen LogP contribution is -1.72. The summed E-state index contributed by atoms with van der Waals surface area (Å²) < 4.78 is 0. The summed E-state index contributed by atoms with van der Waals surface area (Å²) in [6.45, 7) is 5.69. The predicted octanol–water partition coefficient (Wildman–Crippen LogP) is 3.19. The molecule has 0 aromatic heterocycles. The minimum Gasteiger partial charge on any atom is -0.0991 e. The summed E-state index contributed by atoms with van der Waals surface area (Å²) in [5.74, 6) is 0. The van der Waals surface area contributed by atoms with Gasteiger partial charge in [0.15, 0.2) is 0 Å². The molecule has 0 saturated carbocycles. The second kappa shape index (κ2) is 3.77. The molecule has 0 amide bonds. The Balaban J connectivity index is 2.81. The van der Waals surface area contributed by atoms with Crippen LogP contribution in [0.2, 0.25) is 0 Å². The topological polar surface area (TPSA) is 0 Å². The summed E-state index contributed by atoms with van der Waals surface area (Å²) in [5.41, 5.74) is 2.51. The highest BCUT2D eigenvalue weighted by Gasteiger charge is 1.83. The van der Waals surface area contributed by atoms with E-state index in [2.05, 4.69) is 37.8 Å². The van der Waals surface area contributed by atoms with Crippen LogP contribution in [-0.2, 0) is 0 Å². The maximum atomic E-state index is 3.61. The average Bonchev–Trinajstić information content (AvgIpc) is 2.04. The predicted molar refractivity (Wildman–Crippen MR) is 50.4 cm³/mol. The van der Waals surface area contributed by atoms with Gasteiger partial charge in [0.1, 0.15) is 0 Å². The first-order valence-corrected chi connectivity index (χ1v) is 3.68. The highest BCUT2D eigenvalue weighted by atomic mass is 13.9. The zero-order valence-electron chi connectivity index (χ0n) is 6.75. The van der Waals surface area contributed by atoms with E-state index in [-0.39, 0.29) is 0 Å². The molecular weight excluding hydrogens is 132 g/mol. The Bertz CT molecular complexity index is 252. The largest absolute Gasteiger partial charge is 0.0991 e. The number of rotatable bonds is 2. The summed E-state index contributed by atoms with van der Waals surface area (Å²) in [5, 5.41) is 0. The second-order valence-electron chi connectivity index (χ2n) is 2.51. The lowest BCUT2D eigenvalue weighted by atomic mass is 10.1. The van der Waals surface area contributed by atoms with Gasteiger partial charge in [0.2, 0.25) is 0 Å². The van der Waals surface area contributed by atoms with Gasteiger partial charge >= 0.3 is 0 Å². The van der Waals surface area contributed by atoms with Crippen molar-refractivity contribution in [3.8, 4) is 0 Å². The highest BCUT2D eigenvalue weighted by Crippen LogP contribution is 2.04. The molecule has 1 aromatic rings. The molecule has 0 N–H and O–H groups in total. The monoisotopic (exact) mass is 144 g/mol. The Labute approximate surface area is 67.9 Å². The molecule has 0 unspecified atom stereocenters. The van der Waals surface area contributed by atoms with Crippen LogP contribution in [0.25, 0.3) is 6.08 Å². The average molecular weight is 144 g/mol. The molecule has 56 valence electrons. The van der Waals surface area contributed by atoms with Crippen molar-refractivity contribution in [1.29, 1.82) is 0 Å². The van der Waals surface area contributed by atoms with Crippen molar-refractivity contribution in [1.82, 2.24) is 0 Å². The molecule has 0 fully saturated rings. The van der Waals surface area contributed by atoms with Crippen LogP contribution in [0.1, 0.15) is 11.1 Å². The molecule has 0 heterocycles. The van der Waals surface area contributed by atoms with Crippen LogP contribution < -0.4 is 0 Å². The summed E-state index contributed by atoms with van der Waals surface area (Å²) >= 11 is 0. The molecular formula is C11H12. The number of aryl methyl sites for hydroxylation is 1. The van der Waals surface area contributed by atoms with Gasteiger partial charge in [-0.3, -0.25) is 0 Å². The Kier molecular flexibility index (Phi) is 2.67. The van der Waals surface area contributed by atoms with Crippen molar-refractivity contribution in [2.24, 2.45) is 0 Å². The van der Waals surface area contributed by atoms with Crippen LogP contribution >= 0.6 is 0 Å². The second-order valence-corrected chi connectivity index (χ2v) is 2.51. The van der Waals surface area contributed by atoms with E-state index in [1.54, 1.807) is 6.08 Å². The maximum absolute atomic E-state index is 3.61. The normalized spacial score (nSPS) is 10.3. The van der Waals surface area contributed by atoms with E-state index in [1.165, 1.54) is 11.1 Å². The van der Waals surface area contributed by atoms with Gasteiger partial charge in [0.05, 0.1) is 0 Å². The lowest BCUT2D eigenvalue weighted by molar-refractivity contribution is 1.46. The smallest absolute Gasteiger partial charge is 0.0256 e. The first kappa shape index (κ1) is 7.80. The van der Waals surface area contributed by atoms with Gasteiger partial charge in [-0.2, -0.15) is 0 Å². The van der Waals surface area contributed by atoms with E-state index in [9.17, 15) is 0 Å². The first-order chi connectivity index (χ1) is 5.33. The van der Waals surface area contributed by atoms with Crippen LogP contribution in [0.15, 0.2) is 43.0 Å². The number of hydrogen-bond acceptors (Lipinski definition) is 0. The van der Waals surface area contributed by atoms with Crippen LogP contribution in [0.5, 0.6) is 0 Å². The molecule has 0 aliphatic carbocycles. The van der Waals surface area contributed by atoms with Crippen LogP contribution in [0, 0.1) is 6.92 Å². The quantitative estimate of drug-likeness (QED) is 0.559. The Morgan fingerprint density at radius 3 is 2.36 bits per heavy atom. The fraction of sp³-hybridized carbons (Fsp3) is 0.0909. The molecule has 0 nitrogen and oxygen atoms in total. The van der Waals surface area contributed by atoms with E-state index >= 15 is 0 Å². The van der Waals surface area contributed by atoms with E-state index < -0.39 is 0 Å². The third kappa shape index (κ3) is 2.42. The Morgan fingerprint density at radius 2 is 1.82 bits per heavy atom. The number of hydrogen-bond donors (Lipinski definition) is 0. The third-order valence-electron chi connectivity index (χ3n) is 1.50. The highest BCUT2D eigenvalue weighted by molar-refractivity contribution is 5.51. The molecule has 0 aliphatic rings. The van der Waals surface area contributed by atoms with Gasteiger partial charge in [0.25, 0.3) is 0 Å². The number of allylic oxidation sites excluding steroid dienone is 2. The van der Waals surface area contributed by atoms with E-state index in [0.29, 0.717) is 0 Å². The maximum Gasteiger partial charge on any atom is -0.0256 e. The molecule has 1 rings (SSSR count). The van der Waals surface area contributed by atoms with Crippen molar-refractivity contribution in [3.05, 3.63) is 54.1 Å². The minimum absolute atomic E-state index is 1.22. The van der Waals surface area contributed by atoms with Gasteiger partial charge in [-0.25, -0.2) is 0 Å². The zero-order valence-corrected chi connectivity index (χ0v) is 6.75. The number of benzene rings is 1. The fourth-order valence-electron chi connectivity index (χ4n) is 0.857. The summed E-state index contributed by atoms with van der Waals surface area (Å²) in [4.78, 5) is 0. The van der Waals surface area contributed by atoms with Crippen molar-refractivity contribution in [2.45, 2.75) is 6.92 Å². The van der Waals surface area contributed by atoms with Gasteiger partial charge in [-0.15, -0.1) is 0 Å². The van der Waals surface area contributed by atoms with Crippen LogP contribution in [0.3, 0.4) is 0 Å². The molecule has 0 bridgehead atoms. The van der Waals surface area contributed by atoms with Gasteiger partial charge in [0, 0.05) is 0 Å².